The molecular weight excluding hydrogens is 330 g/mol. The molecule has 0 aromatic carbocycles. The first-order valence-corrected chi connectivity index (χ1v) is 9.13. The third kappa shape index (κ3) is 3.50. The molecule has 7 nitrogen and oxygen atoms in total. The summed E-state index contributed by atoms with van der Waals surface area (Å²) in [5.41, 5.74) is 1.74. The van der Waals surface area contributed by atoms with Crippen molar-refractivity contribution in [2.45, 2.75) is 45.4 Å². The van der Waals surface area contributed by atoms with E-state index in [2.05, 4.69) is 32.1 Å². The number of aryl methyl sites for hydroxylation is 1. The Labute approximate surface area is 153 Å². The van der Waals surface area contributed by atoms with Gasteiger partial charge in [0.25, 0.3) is 0 Å². The van der Waals surface area contributed by atoms with Crippen molar-refractivity contribution in [3.63, 3.8) is 0 Å². The number of anilines is 1. The van der Waals surface area contributed by atoms with Crippen molar-refractivity contribution in [2.24, 2.45) is 0 Å². The minimum Gasteiger partial charge on any atom is -0.437 e. The molecule has 0 amide bonds. The van der Waals surface area contributed by atoms with Crippen LogP contribution in [0.4, 0.5) is 5.82 Å². The number of nitrogens with zero attached hydrogens (tertiary/aromatic N) is 4. The molecule has 26 heavy (non-hydrogen) atoms. The summed E-state index contributed by atoms with van der Waals surface area (Å²) in [6, 6.07) is 4.61. The van der Waals surface area contributed by atoms with Crippen LogP contribution in [0.3, 0.4) is 0 Å². The lowest BCUT2D eigenvalue weighted by atomic mass is 10.1. The first kappa shape index (κ1) is 17.2. The summed E-state index contributed by atoms with van der Waals surface area (Å²) >= 11 is 0. The largest absolute Gasteiger partial charge is 0.437 e. The van der Waals surface area contributed by atoms with E-state index in [1.54, 1.807) is 12.5 Å². The van der Waals surface area contributed by atoms with E-state index >= 15 is 0 Å². The van der Waals surface area contributed by atoms with E-state index in [9.17, 15) is 0 Å². The summed E-state index contributed by atoms with van der Waals surface area (Å²) in [5, 5.41) is 3.58. The Kier molecular flexibility index (Phi) is 4.74. The number of pyridine rings is 1. The second-order valence-electron chi connectivity index (χ2n) is 7.17. The van der Waals surface area contributed by atoms with E-state index in [0.29, 0.717) is 29.8 Å². The molecule has 0 bridgehead atoms. The van der Waals surface area contributed by atoms with Crippen LogP contribution in [0.1, 0.15) is 24.6 Å². The van der Waals surface area contributed by atoms with E-state index in [-0.39, 0.29) is 0 Å². The first-order chi connectivity index (χ1) is 12.6. The second-order valence-corrected chi connectivity index (χ2v) is 7.17. The molecule has 2 aromatic heterocycles. The predicted molar refractivity (Wildman–Crippen MR) is 98.6 cm³/mol. The van der Waals surface area contributed by atoms with E-state index in [4.69, 9.17) is 9.47 Å². The van der Waals surface area contributed by atoms with Crippen molar-refractivity contribution >= 4 is 5.82 Å². The van der Waals surface area contributed by atoms with E-state index in [1.807, 2.05) is 26.0 Å². The van der Waals surface area contributed by atoms with Crippen LogP contribution in [-0.2, 0) is 4.74 Å². The van der Waals surface area contributed by atoms with Gasteiger partial charge in [-0.2, -0.15) is 0 Å². The van der Waals surface area contributed by atoms with E-state index in [1.165, 1.54) is 0 Å². The quantitative estimate of drug-likeness (QED) is 0.903. The molecule has 2 saturated heterocycles. The van der Waals surface area contributed by atoms with Gasteiger partial charge in [0.2, 0.25) is 5.88 Å². The molecular formula is C19H25N5O2. The predicted octanol–water partition coefficient (Wildman–Crippen LogP) is 2.55. The lowest BCUT2D eigenvalue weighted by Gasteiger charge is -2.33. The lowest BCUT2D eigenvalue weighted by molar-refractivity contribution is -0.0390. The molecule has 3 atom stereocenters. The maximum Gasteiger partial charge on any atom is 0.227 e. The van der Waals surface area contributed by atoms with Crippen LogP contribution in [0.5, 0.6) is 11.6 Å². The summed E-state index contributed by atoms with van der Waals surface area (Å²) in [4.78, 5) is 15.5. The van der Waals surface area contributed by atoms with Crippen LogP contribution in [-0.4, -0.2) is 57.7 Å². The Morgan fingerprint density at radius 2 is 2.12 bits per heavy atom. The van der Waals surface area contributed by atoms with Crippen molar-refractivity contribution in [2.75, 3.05) is 25.0 Å². The third-order valence-electron chi connectivity index (χ3n) is 5.14. The molecule has 2 aromatic rings. The van der Waals surface area contributed by atoms with Gasteiger partial charge in [0.15, 0.2) is 5.75 Å². The molecule has 138 valence electrons. The van der Waals surface area contributed by atoms with Gasteiger partial charge in [-0.15, -0.1) is 0 Å². The number of aromatic nitrogens is 3. The number of ether oxygens (including phenoxy) is 2. The number of hydrogen-bond acceptors (Lipinski definition) is 7. The van der Waals surface area contributed by atoms with Gasteiger partial charge in [-0.25, -0.2) is 9.97 Å². The van der Waals surface area contributed by atoms with Gasteiger partial charge in [0, 0.05) is 31.4 Å². The summed E-state index contributed by atoms with van der Waals surface area (Å²) in [5.74, 6) is 2.10. The molecule has 0 saturated carbocycles. The van der Waals surface area contributed by atoms with Crippen LogP contribution in [0, 0.1) is 13.8 Å². The standard InChI is InChI=1S/C19H25N5O2/c1-12-8-24-9-15(7-16(24)10-25-12)23-18-13(2)19(22-11-21-18)26-17-5-4-6-20-14(17)3/h4-6,11-12,15-16H,7-10H2,1-3H3,(H,21,22,23)/t12-,15+,16-/m0/s1. The van der Waals surface area contributed by atoms with Crippen molar-refractivity contribution in [1.29, 1.82) is 0 Å². The maximum atomic E-state index is 5.97. The van der Waals surface area contributed by atoms with Crippen LogP contribution >= 0.6 is 0 Å². The molecule has 7 heteroatoms. The maximum absolute atomic E-state index is 5.97. The Balaban J connectivity index is 1.47. The molecule has 0 aliphatic carbocycles. The Hall–Kier alpha value is -2.25. The van der Waals surface area contributed by atoms with Crippen LogP contribution < -0.4 is 10.1 Å². The zero-order valence-electron chi connectivity index (χ0n) is 15.5. The molecule has 4 heterocycles. The SMILES string of the molecule is Cc1ncccc1Oc1ncnc(N[C@@H]2C[C@H]3CO[C@@H](C)CN3C2)c1C. The monoisotopic (exact) mass is 355 g/mol. The number of morpholine rings is 1. The van der Waals surface area contributed by atoms with Gasteiger partial charge in [0.05, 0.1) is 24.0 Å². The molecule has 0 unspecified atom stereocenters. The minimum atomic E-state index is 0.313. The second kappa shape index (κ2) is 7.17. The van der Waals surface area contributed by atoms with Gasteiger partial charge < -0.3 is 14.8 Å². The topological polar surface area (TPSA) is 72.4 Å². The normalized spacial score (nSPS) is 25.7. The summed E-state index contributed by atoms with van der Waals surface area (Å²) in [6.07, 6.45) is 4.67. The number of hydrogen-bond donors (Lipinski definition) is 1. The van der Waals surface area contributed by atoms with Gasteiger partial charge in [0.1, 0.15) is 12.1 Å². The molecule has 2 aliphatic heterocycles. The highest BCUT2D eigenvalue weighted by molar-refractivity contribution is 5.49. The average Bonchev–Trinajstić information content (AvgIpc) is 3.01. The Morgan fingerprint density at radius 3 is 2.96 bits per heavy atom. The van der Waals surface area contributed by atoms with E-state index in [0.717, 1.165) is 43.2 Å². The molecule has 2 fully saturated rings. The average molecular weight is 355 g/mol. The minimum absolute atomic E-state index is 0.313. The van der Waals surface area contributed by atoms with Crippen molar-refractivity contribution < 1.29 is 9.47 Å². The van der Waals surface area contributed by atoms with Crippen molar-refractivity contribution in [3.05, 3.63) is 35.9 Å². The lowest BCUT2D eigenvalue weighted by Crippen LogP contribution is -2.45. The zero-order chi connectivity index (χ0) is 18.1. The number of fused-ring (bicyclic) bond motifs is 1. The molecule has 0 radical (unpaired) electrons. The van der Waals surface area contributed by atoms with Crippen LogP contribution in [0.25, 0.3) is 0 Å². The summed E-state index contributed by atoms with van der Waals surface area (Å²) in [7, 11) is 0. The van der Waals surface area contributed by atoms with Crippen molar-refractivity contribution in [3.8, 4) is 11.6 Å². The molecule has 0 spiro atoms. The third-order valence-corrected chi connectivity index (χ3v) is 5.14. The fourth-order valence-electron chi connectivity index (χ4n) is 3.70. The van der Waals surface area contributed by atoms with Gasteiger partial charge in [-0.1, -0.05) is 0 Å². The molecule has 1 N–H and O–H groups in total. The molecule has 2 aliphatic rings. The van der Waals surface area contributed by atoms with Crippen LogP contribution in [0.15, 0.2) is 24.7 Å². The first-order valence-electron chi connectivity index (χ1n) is 9.13. The smallest absolute Gasteiger partial charge is 0.227 e. The highest BCUT2D eigenvalue weighted by Gasteiger charge is 2.36. The Morgan fingerprint density at radius 1 is 1.23 bits per heavy atom. The fraction of sp³-hybridized carbons (Fsp3) is 0.526. The van der Waals surface area contributed by atoms with Gasteiger partial charge >= 0.3 is 0 Å². The van der Waals surface area contributed by atoms with Gasteiger partial charge in [-0.3, -0.25) is 9.88 Å². The van der Waals surface area contributed by atoms with Crippen LogP contribution in [0.2, 0.25) is 0 Å². The zero-order valence-corrected chi connectivity index (χ0v) is 15.5. The number of nitrogens with one attached hydrogen (secondary N) is 1. The van der Waals surface area contributed by atoms with Crippen molar-refractivity contribution in [1.82, 2.24) is 19.9 Å². The Bertz CT molecular complexity index is 784. The van der Waals surface area contributed by atoms with E-state index < -0.39 is 0 Å². The summed E-state index contributed by atoms with van der Waals surface area (Å²) < 4.78 is 11.8. The highest BCUT2D eigenvalue weighted by Crippen LogP contribution is 2.30. The fourth-order valence-corrected chi connectivity index (χ4v) is 3.70. The molecule has 4 rings (SSSR count). The number of rotatable bonds is 4. The summed E-state index contributed by atoms with van der Waals surface area (Å²) in [6.45, 7) is 8.87. The highest BCUT2D eigenvalue weighted by atomic mass is 16.5. The van der Waals surface area contributed by atoms with Gasteiger partial charge in [-0.05, 0) is 39.3 Å².